The Bertz CT molecular complexity index is 1190. The van der Waals surface area contributed by atoms with Gasteiger partial charge in [-0.1, -0.05) is 6.07 Å². The molecule has 4 rings (SSSR count). The molecule has 0 spiro atoms. The van der Waals surface area contributed by atoms with Crippen molar-refractivity contribution in [3.63, 3.8) is 0 Å². The van der Waals surface area contributed by atoms with Crippen LogP contribution in [-0.2, 0) is 0 Å². The van der Waals surface area contributed by atoms with Crippen LogP contribution in [0.1, 0.15) is 32.6 Å². The lowest BCUT2D eigenvalue weighted by Crippen LogP contribution is -2.17. The van der Waals surface area contributed by atoms with Gasteiger partial charge < -0.3 is 24.5 Å². The maximum Gasteiger partial charge on any atom is 0.291 e. The van der Waals surface area contributed by atoms with Crippen LogP contribution in [0.4, 0.5) is 10.8 Å². The maximum absolute atomic E-state index is 12.7. The number of anilines is 2. The van der Waals surface area contributed by atoms with Crippen molar-refractivity contribution in [1.29, 1.82) is 0 Å². The lowest BCUT2D eigenvalue weighted by atomic mass is 9.98. The summed E-state index contributed by atoms with van der Waals surface area (Å²) in [6.45, 7) is 2.00. The molecule has 0 aliphatic rings. The van der Waals surface area contributed by atoms with E-state index >= 15 is 0 Å². The molecule has 0 bridgehead atoms. The van der Waals surface area contributed by atoms with Gasteiger partial charge in [0.25, 0.3) is 5.91 Å². The molecule has 0 saturated carbocycles. The number of methoxy groups -OCH3 is 2. The van der Waals surface area contributed by atoms with E-state index in [4.69, 9.17) is 13.9 Å². The first-order chi connectivity index (χ1) is 15.6. The first-order valence-corrected chi connectivity index (χ1v) is 10.8. The van der Waals surface area contributed by atoms with E-state index in [-0.39, 0.29) is 17.7 Å². The van der Waals surface area contributed by atoms with Gasteiger partial charge in [-0.05, 0) is 55.5 Å². The molecule has 1 amide bonds. The van der Waals surface area contributed by atoms with Crippen LogP contribution in [0.15, 0.2) is 71.5 Å². The molecule has 3 heterocycles. The average molecular weight is 450 g/mol. The lowest BCUT2D eigenvalue weighted by Gasteiger charge is -2.23. The largest absolute Gasteiger partial charge is 0.497 e. The standard InChI is InChI=1S/C24H23N3O4S/c1-15-13-18(24(32-15)27-23(28)20-7-6-12-31-20)22(26-21-8-4-5-11-25-21)17-14-16(29-2)9-10-19(17)30-3/h4-14,22H,1-3H3,(H,25,26)(H,27,28)/t22-/m1/s1. The van der Waals surface area contributed by atoms with E-state index in [0.717, 1.165) is 16.0 Å². The number of pyridine rings is 1. The van der Waals surface area contributed by atoms with Crippen molar-refractivity contribution in [2.45, 2.75) is 13.0 Å². The molecule has 8 heteroatoms. The molecule has 3 aromatic heterocycles. The molecule has 0 aliphatic heterocycles. The zero-order valence-corrected chi connectivity index (χ0v) is 18.7. The second-order valence-electron chi connectivity index (χ2n) is 6.97. The predicted octanol–water partition coefficient (Wildman–Crippen LogP) is 5.52. The van der Waals surface area contributed by atoms with Gasteiger partial charge in [0.05, 0.1) is 26.5 Å². The number of hydrogen-bond acceptors (Lipinski definition) is 7. The summed E-state index contributed by atoms with van der Waals surface area (Å²) in [4.78, 5) is 18.2. The summed E-state index contributed by atoms with van der Waals surface area (Å²) in [5, 5.41) is 7.18. The van der Waals surface area contributed by atoms with Crippen LogP contribution < -0.4 is 20.1 Å². The van der Waals surface area contributed by atoms with Crippen LogP contribution in [-0.4, -0.2) is 25.1 Å². The highest BCUT2D eigenvalue weighted by atomic mass is 32.1. The molecule has 0 fully saturated rings. The van der Waals surface area contributed by atoms with Crippen LogP contribution >= 0.6 is 11.3 Å². The maximum atomic E-state index is 12.7. The van der Waals surface area contributed by atoms with Gasteiger partial charge in [0, 0.05) is 22.2 Å². The molecule has 164 valence electrons. The van der Waals surface area contributed by atoms with E-state index in [1.54, 1.807) is 32.5 Å². The summed E-state index contributed by atoms with van der Waals surface area (Å²) >= 11 is 1.49. The van der Waals surface area contributed by atoms with Crippen molar-refractivity contribution in [2.24, 2.45) is 0 Å². The van der Waals surface area contributed by atoms with Gasteiger partial charge in [-0.3, -0.25) is 4.79 Å². The van der Waals surface area contributed by atoms with Gasteiger partial charge in [0.15, 0.2) is 5.76 Å². The fraction of sp³-hybridized carbons (Fsp3) is 0.167. The van der Waals surface area contributed by atoms with Crippen LogP contribution in [0.3, 0.4) is 0 Å². The van der Waals surface area contributed by atoms with Gasteiger partial charge in [-0.15, -0.1) is 11.3 Å². The van der Waals surface area contributed by atoms with Crippen molar-refractivity contribution < 1.29 is 18.7 Å². The van der Waals surface area contributed by atoms with Gasteiger partial charge in [0.1, 0.15) is 22.3 Å². The molecule has 4 aromatic rings. The molecule has 0 radical (unpaired) electrons. The molecule has 0 saturated heterocycles. The molecule has 7 nitrogen and oxygen atoms in total. The molecular formula is C24H23N3O4S. The third-order valence-electron chi connectivity index (χ3n) is 4.87. The highest BCUT2D eigenvalue weighted by Gasteiger charge is 2.25. The Hall–Kier alpha value is -3.78. The quantitative estimate of drug-likeness (QED) is 0.369. The summed E-state index contributed by atoms with van der Waals surface area (Å²) in [5.74, 6) is 2.00. The van der Waals surface area contributed by atoms with E-state index in [1.165, 1.54) is 17.6 Å². The van der Waals surface area contributed by atoms with E-state index in [9.17, 15) is 4.79 Å². The number of ether oxygens (including phenoxy) is 2. The van der Waals surface area contributed by atoms with E-state index in [1.807, 2.05) is 49.4 Å². The zero-order chi connectivity index (χ0) is 22.5. The van der Waals surface area contributed by atoms with Crippen LogP contribution in [0.5, 0.6) is 11.5 Å². The molecule has 32 heavy (non-hydrogen) atoms. The Morgan fingerprint density at radius 1 is 1.06 bits per heavy atom. The van der Waals surface area contributed by atoms with Crippen LogP contribution in [0.2, 0.25) is 0 Å². The van der Waals surface area contributed by atoms with Crippen molar-refractivity contribution in [3.8, 4) is 11.5 Å². The average Bonchev–Trinajstić information content (AvgIpc) is 3.48. The topological polar surface area (TPSA) is 85.6 Å². The number of amides is 1. The molecule has 0 aliphatic carbocycles. The summed E-state index contributed by atoms with van der Waals surface area (Å²) in [5.41, 5.74) is 1.73. The van der Waals surface area contributed by atoms with Crippen molar-refractivity contribution >= 4 is 28.1 Å². The third kappa shape index (κ3) is 4.60. The number of nitrogens with one attached hydrogen (secondary N) is 2. The first kappa shape index (κ1) is 21.5. The molecule has 2 N–H and O–H groups in total. The number of nitrogens with zero attached hydrogens (tertiary/aromatic N) is 1. The summed E-state index contributed by atoms with van der Waals surface area (Å²) in [7, 11) is 3.25. The van der Waals surface area contributed by atoms with Gasteiger partial charge >= 0.3 is 0 Å². The summed E-state index contributed by atoms with van der Waals surface area (Å²) in [6.07, 6.45) is 3.20. The predicted molar refractivity (Wildman–Crippen MR) is 125 cm³/mol. The highest BCUT2D eigenvalue weighted by Crippen LogP contribution is 2.41. The Morgan fingerprint density at radius 3 is 2.62 bits per heavy atom. The lowest BCUT2D eigenvalue weighted by molar-refractivity contribution is 0.0997. The third-order valence-corrected chi connectivity index (χ3v) is 5.85. The summed E-state index contributed by atoms with van der Waals surface area (Å²) < 4.78 is 16.4. The number of aryl methyl sites for hydroxylation is 1. The number of aromatic nitrogens is 1. The monoisotopic (exact) mass is 449 g/mol. The number of benzene rings is 1. The summed E-state index contributed by atoms with van der Waals surface area (Å²) in [6, 6.07) is 16.3. The highest BCUT2D eigenvalue weighted by molar-refractivity contribution is 7.16. The van der Waals surface area contributed by atoms with Gasteiger partial charge in [-0.25, -0.2) is 4.98 Å². The fourth-order valence-corrected chi connectivity index (χ4v) is 4.35. The molecule has 0 unspecified atom stereocenters. The van der Waals surface area contributed by atoms with Crippen molar-refractivity contribution in [2.75, 3.05) is 24.9 Å². The Balaban J connectivity index is 1.80. The normalized spacial score (nSPS) is 11.6. The second-order valence-corrected chi connectivity index (χ2v) is 8.23. The zero-order valence-electron chi connectivity index (χ0n) is 17.9. The Kier molecular flexibility index (Phi) is 6.42. The number of rotatable bonds is 8. The smallest absolute Gasteiger partial charge is 0.291 e. The number of thiophene rings is 1. The van der Waals surface area contributed by atoms with Crippen LogP contribution in [0.25, 0.3) is 0 Å². The van der Waals surface area contributed by atoms with Gasteiger partial charge in [-0.2, -0.15) is 0 Å². The minimum atomic E-state index is -0.369. The minimum Gasteiger partial charge on any atom is -0.497 e. The molecular weight excluding hydrogens is 426 g/mol. The molecule has 1 aromatic carbocycles. The Morgan fingerprint density at radius 2 is 1.94 bits per heavy atom. The van der Waals surface area contributed by atoms with Crippen molar-refractivity contribution in [1.82, 2.24) is 4.98 Å². The fourth-order valence-electron chi connectivity index (χ4n) is 3.40. The SMILES string of the molecule is COc1ccc(OC)c([C@@H](Nc2ccccn2)c2cc(C)sc2NC(=O)c2ccco2)c1. The van der Waals surface area contributed by atoms with E-state index in [0.29, 0.717) is 22.3 Å². The Labute approximate surface area is 190 Å². The van der Waals surface area contributed by atoms with E-state index < -0.39 is 0 Å². The minimum absolute atomic E-state index is 0.246. The number of furan rings is 1. The van der Waals surface area contributed by atoms with Gasteiger partial charge in [0.2, 0.25) is 0 Å². The number of carbonyl (C=O) groups is 1. The first-order valence-electron chi connectivity index (χ1n) is 9.93. The van der Waals surface area contributed by atoms with Crippen LogP contribution in [0, 0.1) is 6.92 Å². The van der Waals surface area contributed by atoms with Crippen molar-refractivity contribution in [3.05, 3.63) is 88.8 Å². The number of carbonyl (C=O) groups excluding carboxylic acids is 1. The van der Waals surface area contributed by atoms with E-state index in [2.05, 4.69) is 15.6 Å². The molecule has 1 atom stereocenters. The second kappa shape index (κ2) is 9.57. The number of hydrogen-bond donors (Lipinski definition) is 2.